The average molecular weight is 260 g/mol. The van der Waals surface area contributed by atoms with Crippen LogP contribution in [-0.2, 0) is 0 Å². The quantitative estimate of drug-likeness (QED) is 0.766. The third-order valence-electron chi connectivity index (χ3n) is 3.52. The van der Waals surface area contributed by atoms with E-state index in [1.54, 1.807) is 11.3 Å². The van der Waals surface area contributed by atoms with Gasteiger partial charge in [0, 0.05) is 26.2 Å². The number of hydrogen-bond acceptors (Lipinski definition) is 5. The zero-order valence-corrected chi connectivity index (χ0v) is 11.7. The van der Waals surface area contributed by atoms with Gasteiger partial charge in [0.05, 0.1) is 10.2 Å². The molecule has 1 aliphatic heterocycles. The number of aromatic nitrogens is 2. The number of fused-ring (bicyclic) bond motifs is 1. The summed E-state index contributed by atoms with van der Waals surface area (Å²) in [5.41, 5.74) is 1.08. The van der Waals surface area contributed by atoms with Crippen molar-refractivity contribution >= 4 is 34.8 Å². The molecule has 0 spiro atoms. The molecule has 3 rings (SSSR count). The lowest BCUT2D eigenvalue weighted by molar-refractivity contribution is 0.407. The van der Waals surface area contributed by atoms with Gasteiger partial charge in [0.2, 0.25) is 7.41 Å². The van der Waals surface area contributed by atoms with Gasteiger partial charge in [-0.15, -0.1) is 11.3 Å². The van der Waals surface area contributed by atoms with Gasteiger partial charge in [-0.3, -0.25) is 0 Å². The van der Waals surface area contributed by atoms with Crippen molar-refractivity contribution in [2.24, 2.45) is 0 Å². The molecule has 0 aliphatic carbocycles. The highest BCUT2D eigenvalue weighted by Gasteiger charge is 2.20. The van der Waals surface area contributed by atoms with Crippen molar-refractivity contribution in [3.63, 3.8) is 0 Å². The molecule has 0 amide bonds. The van der Waals surface area contributed by atoms with E-state index in [2.05, 4.69) is 37.9 Å². The van der Waals surface area contributed by atoms with Crippen LogP contribution in [0.2, 0.25) is 6.82 Å². The van der Waals surface area contributed by atoms with Gasteiger partial charge < -0.3 is 9.71 Å². The molecule has 4 nitrogen and oxygen atoms in total. The highest BCUT2D eigenvalue weighted by atomic mass is 32.1. The van der Waals surface area contributed by atoms with Crippen LogP contribution in [0.25, 0.3) is 10.2 Å². The molecule has 2 aromatic rings. The fraction of sp³-hybridized carbons (Fsp3) is 0.500. The standard InChI is InChI=1S/C12H17BN4S/c1-9-14-10-3-8-18-11(10)12(15-9)16-4-6-17(13-2)7-5-16/h3,8,13H,4-7H2,1-2H3. The number of piperazine rings is 1. The minimum Gasteiger partial charge on any atom is -0.353 e. The predicted molar refractivity (Wildman–Crippen MR) is 79.0 cm³/mol. The summed E-state index contributed by atoms with van der Waals surface area (Å²) < 4.78 is 1.23. The number of thiophene rings is 1. The van der Waals surface area contributed by atoms with Crippen molar-refractivity contribution in [2.75, 3.05) is 31.1 Å². The van der Waals surface area contributed by atoms with Crippen LogP contribution < -0.4 is 4.90 Å². The van der Waals surface area contributed by atoms with Gasteiger partial charge in [0.1, 0.15) is 11.6 Å². The normalized spacial score (nSPS) is 17.3. The molecule has 0 N–H and O–H groups in total. The molecule has 18 heavy (non-hydrogen) atoms. The van der Waals surface area contributed by atoms with Gasteiger partial charge in [-0.25, -0.2) is 9.97 Å². The Balaban J connectivity index is 1.92. The van der Waals surface area contributed by atoms with Crippen molar-refractivity contribution in [3.05, 3.63) is 17.3 Å². The van der Waals surface area contributed by atoms with Crippen molar-refractivity contribution < 1.29 is 0 Å². The lowest BCUT2D eigenvalue weighted by Crippen LogP contribution is -2.47. The third-order valence-corrected chi connectivity index (χ3v) is 4.42. The number of anilines is 1. The maximum atomic E-state index is 4.65. The maximum absolute atomic E-state index is 4.65. The van der Waals surface area contributed by atoms with E-state index < -0.39 is 0 Å². The first kappa shape index (κ1) is 11.9. The second kappa shape index (κ2) is 4.86. The van der Waals surface area contributed by atoms with E-state index in [1.807, 2.05) is 6.92 Å². The Morgan fingerprint density at radius 1 is 1.22 bits per heavy atom. The number of aryl methyl sites for hydroxylation is 1. The molecule has 2 aromatic heterocycles. The zero-order valence-electron chi connectivity index (χ0n) is 10.9. The highest BCUT2D eigenvalue weighted by molar-refractivity contribution is 7.17. The van der Waals surface area contributed by atoms with Gasteiger partial charge in [-0.2, -0.15) is 0 Å². The van der Waals surface area contributed by atoms with Gasteiger partial charge in [-0.1, -0.05) is 6.82 Å². The first-order chi connectivity index (χ1) is 8.78. The Hall–Kier alpha value is -1.14. The summed E-state index contributed by atoms with van der Waals surface area (Å²) in [6, 6.07) is 2.08. The lowest BCUT2D eigenvalue weighted by atomic mass is 9.95. The van der Waals surface area contributed by atoms with Gasteiger partial charge in [0.15, 0.2) is 0 Å². The van der Waals surface area contributed by atoms with E-state index in [9.17, 15) is 0 Å². The first-order valence-corrected chi connectivity index (χ1v) is 7.35. The summed E-state index contributed by atoms with van der Waals surface area (Å²) in [5.74, 6) is 2.00. The molecule has 1 fully saturated rings. The van der Waals surface area contributed by atoms with E-state index >= 15 is 0 Å². The summed E-state index contributed by atoms with van der Waals surface area (Å²) in [5, 5.41) is 2.10. The van der Waals surface area contributed by atoms with E-state index in [4.69, 9.17) is 0 Å². The van der Waals surface area contributed by atoms with Gasteiger partial charge in [-0.05, 0) is 18.4 Å². The van der Waals surface area contributed by atoms with Crippen LogP contribution in [0.3, 0.4) is 0 Å². The SMILES string of the molecule is CBN1CCN(c2nc(C)nc3ccsc23)CC1. The molecule has 3 heterocycles. The molecule has 0 atom stereocenters. The topological polar surface area (TPSA) is 32.3 Å². The summed E-state index contributed by atoms with van der Waals surface area (Å²) in [7, 11) is 1.14. The van der Waals surface area contributed by atoms with E-state index in [1.165, 1.54) is 4.70 Å². The highest BCUT2D eigenvalue weighted by Crippen LogP contribution is 2.29. The molecular weight excluding hydrogens is 243 g/mol. The fourth-order valence-corrected chi connectivity index (χ4v) is 3.30. The Labute approximate surface area is 112 Å². The third kappa shape index (κ3) is 2.10. The van der Waals surface area contributed by atoms with Crippen molar-refractivity contribution in [1.29, 1.82) is 0 Å². The van der Waals surface area contributed by atoms with Gasteiger partial charge >= 0.3 is 0 Å². The second-order valence-electron chi connectivity index (χ2n) is 4.65. The van der Waals surface area contributed by atoms with E-state index in [0.29, 0.717) is 0 Å². The predicted octanol–water partition coefficient (Wildman–Crippen LogP) is 1.52. The van der Waals surface area contributed by atoms with Crippen molar-refractivity contribution in [2.45, 2.75) is 13.7 Å². The van der Waals surface area contributed by atoms with Crippen molar-refractivity contribution in [1.82, 2.24) is 14.8 Å². The minimum atomic E-state index is 0.869. The first-order valence-electron chi connectivity index (χ1n) is 6.47. The largest absolute Gasteiger partial charge is 0.353 e. The molecule has 0 radical (unpaired) electrons. The Morgan fingerprint density at radius 2 is 2.00 bits per heavy atom. The number of hydrogen-bond donors (Lipinski definition) is 0. The van der Waals surface area contributed by atoms with Crippen LogP contribution in [-0.4, -0.2) is 48.4 Å². The summed E-state index contributed by atoms with van der Waals surface area (Å²) >= 11 is 1.74. The van der Waals surface area contributed by atoms with Crippen LogP contribution in [0.5, 0.6) is 0 Å². The molecule has 0 bridgehead atoms. The smallest absolute Gasteiger partial charge is 0.201 e. The molecule has 1 aliphatic rings. The molecular formula is C12H17BN4S. The van der Waals surface area contributed by atoms with Crippen molar-refractivity contribution in [3.8, 4) is 0 Å². The van der Waals surface area contributed by atoms with Crippen LogP contribution >= 0.6 is 11.3 Å². The number of rotatable bonds is 2. The second-order valence-corrected chi connectivity index (χ2v) is 5.57. The summed E-state index contributed by atoms with van der Waals surface area (Å²) in [6.45, 7) is 8.60. The van der Waals surface area contributed by atoms with Crippen LogP contribution in [0.15, 0.2) is 11.4 Å². The molecule has 6 heteroatoms. The lowest BCUT2D eigenvalue weighted by Gasteiger charge is -2.35. The molecule has 94 valence electrons. The Morgan fingerprint density at radius 3 is 2.72 bits per heavy atom. The van der Waals surface area contributed by atoms with Crippen LogP contribution in [0.4, 0.5) is 5.82 Å². The number of nitrogens with zero attached hydrogens (tertiary/aromatic N) is 4. The molecule has 0 saturated carbocycles. The van der Waals surface area contributed by atoms with Crippen LogP contribution in [0, 0.1) is 6.92 Å². The summed E-state index contributed by atoms with van der Waals surface area (Å²) in [6.07, 6.45) is 0. The Bertz CT molecular complexity index is 548. The fourth-order valence-electron chi connectivity index (χ4n) is 2.45. The zero-order chi connectivity index (χ0) is 12.5. The minimum absolute atomic E-state index is 0.869. The Kier molecular flexibility index (Phi) is 3.22. The molecule has 0 aromatic carbocycles. The maximum Gasteiger partial charge on any atom is 0.201 e. The molecule has 1 saturated heterocycles. The van der Waals surface area contributed by atoms with E-state index in [0.717, 1.165) is 50.8 Å². The average Bonchev–Trinajstić information content (AvgIpc) is 2.86. The molecule has 0 unspecified atom stereocenters. The van der Waals surface area contributed by atoms with E-state index in [-0.39, 0.29) is 0 Å². The van der Waals surface area contributed by atoms with Gasteiger partial charge in [0.25, 0.3) is 0 Å². The monoisotopic (exact) mass is 260 g/mol. The van der Waals surface area contributed by atoms with Crippen LogP contribution in [0.1, 0.15) is 5.82 Å². The summed E-state index contributed by atoms with van der Waals surface area (Å²) in [4.78, 5) is 14.0.